The summed E-state index contributed by atoms with van der Waals surface area (Å²) in [5.74, 6) is 0.913. The predicted octanol–water partition coefficient (Wildman–Crippen LogP) is 2.01. The van der Waals surface area contributed by atoms with Crippen LogP contribution in [0.4, 0.5) is 8.78 Å². The maximum absolute atomic E-state index is 11.9. The summed E-state index contributed by atoms with van der Waals surface area (Å²) in [6, 6.07) is 0. The molecule has 19 heavy (non-hydrogen) atoms. The van der Waals surface area contributed by atoms with E-state index in [-0.39, 0.29) is 6.61 Å². The first kappa shape index (κ1) is 14.3. The van der Waals surface area contributed by atoms with E-state index in [1.54, 1.807) is 0 Å². The molecule has 0 saturated heterocycles. The Kier molecular flexibility index (Phi) is 4.81. The Hall–Kier alpha value is -1.08. The van der Waals surface area contributed by atoms with Crippen LogP contribution in [0.15, 0.2) is 4.52 Å². The zero-order valence-corrected chi connectivity index (χ0v) is 10.8. The first-order valence-electron chi connectivity index (χ1n) is 6.58. The summed E-state index contributed by atoms with van der Waals surface area (Å²) >= 11 is 0. The van der Waals surface area contributed by atoms with Gasteiger partial charge in [0.25, 0.3) is 6.43 Å². The summed E-state index contributed by atoms with van der Waals surface area (Å²) in [5, 5.41) is 3.91. The molecule has 0 radical (unpaired) electrons. The van der Waals surface area contributed by atoms with Crippen LogP contribution >= 0.6 is 0 Å². The Bertz CT molecular complexity index is 392. The average Bonchev–Trinajstić information content (AvgIpc) is 2.85. The number of nitrogens with zero attached hydrogens (tertiary/aromatic N) is 2. The average molecular weight is 275 g/mol. The van der Waals surface area contributed by atoms with Gasteiger partial charge >= 0.3 is 0 Å². The van der Waals surface area contributed by atoms with Gasteiger partial charge in [-0.2, -0.15) is 4.98 Å². The molecule has 1 aliphatic rings. The van der Waals surface area contributed by atoms with Crippen molar-refractivity contribution in [2.24, 2.45) is 5.73 Å². The second-order valence-corrected chi connectivity index (χ2v) is 4.94. The lowest BCUT2D eigenvalue weighted by Gasteiger charge is -2.29. The smallest absolute Gasteiger partial charge is 0.261 e. The number of rotatable bonds is 6. The van der Waals surface area contributed by atoms with Crippen LogP contribution < -0.4 is 5.73 Å². The summed E-state index contributed by atoms with van der Waals surface area (Å²) in [4.78, 5) is 4.25. The van der Waals surface area contributed by atoms with Crippen LogP contribution in [-0.4, -0.2) is 29.8 Å². The van der Waals surface area contributed by atoms with E-state index in [0.717, 1.165) is 25.7 Å². The molecule has 1 fully saturated rings. The molecule has 1 heterocycles. The highest BCUT2D eigenvalue weighted by atomic mass is 19.3. The Morgan fingerprint density at radius 2 is 2.05 bits per heavy atom. The molecular weight excluding hydrogens is 256 g/mol. The molecular formula is C12H19F2N3O2. The molecule has 0 bridgehead atoms. The van der Waals surface area contributed by atoms with E-state index < -0.39 is 18.6 Å². The van der Waals surface area contributed by atoms with Gasteiger partial charge in [0.05, 0.1) is 18.6 Å². The van der Waals surface area contributed by atoms with Gasteiger partial charge in [0.2, 0.25) is 5.89 Å². The van der Waals surface area contributed by atoms with Crippen LogP contribution in [0.2, 0.25) is 0 Å². The fraction of sp³-hybridized carbons (Fsp3) is 0.833. The first-order chi connectivity index (χ1) is 9.10. The summed E-state index contributed by atoms with van der Waals surface area (Å²) in [5.41, 5.74) is 5.78. The van der Waals surface area contributed by atoms with Gasteiger partial charge in [0, 0.05) is 0 Å². The molecule has 1 aliphatic carbocycles. The minimum atomic E-state index is -2.45. The first-order valence-corrected chi connectivity index (χ1v) is 6.58. The zero-order valence-electron chi connectivity index (χ0n) is 10.8. The van der Waals surface area contributed by atoms with Crippen molar-refractivity contribution in [1.29, 1.82) is 0 Å². The maximum Gasteiger partial charge on any atom is 0.261 e. The molecule has 1 aromatic rings. The second-order valence-electron chi connectivity index (χ2n) is 4.94. The fourth-order valence-corrected chi connectivity index (χ4v) is 2.30. The summed E-state index contributed by atoms with van der Waals surface area (Å²) in [6.45, 7) is -0.425. The van der Waals surface area contributed by atoms with E-state index in [4.69, 9.17) is 15.0 Å². The molecule has 108 valence electrons. The maximum atomic E-state index is 11.9. The number of hydrogen-bond donors (Lipinski definition) is 1. The molecule has 1 aromatic heterocycles. The van der Waals surface area contributed by atoms with E-state index >= 15 is 0 Å². The topological polar surface area (TPSA) is 74.2 Å². The van der Waals surface area contributed by atoms with Crippen LogP contribution in [0, 0.1) is 0 Å². The molecule has 0 amide bonds. The molecule has 0 spiro atoms. The standard InChI is InChI=1S/C12H19F2N3O2/c13-9(14)8-18-7-4-10-16-11(17-19-10)12(15)5-2-1-3-6-12/h9H,1-8,15H2. The minimum absolute atomic E-state index is 0.142. The molecule has 5 nitrogen and oxygen atoms in total. The number of ether oxygens (including phenoxy) is 1. The highest BCUT2D eigenvalue weighted by molar-refractivity contribution is 5.05. The third kappa shape index (κ3) is 3.94. The normalized spacial score (nSPS) is 18.9. The van der Waals surface area contributed by atoms with E-state index in [0.29, 0.717) is 18.1 Å². The van der Waals surface area contributed by atoms with Gasteiger partial charge in [-0.15, -0.1) is 0 Å². The fourth-order valence-electron chi connectivity index (χ4n) is 2.30. The minimum Gasteiger partial charge on any atom is -0.375 e. The largest absolute Gasteiger partial charge is 0.375 e. The van der Waals surface area contributed by atoms with Gasteiger partial charge in [-0.05, 0) is 12.8 Å². The molecule has 0 unspecified atom stereocenters. The van der Waals surface area contributed by atoms with Crippen LogP contribution in [0.5, 0.6) is 0 Å². The summed E-state index contributed by atoms with van der Waals surface area (Å²) < 4.78 is 33.6. The molecule has 1 saturated carbocycles. The molecule has 2 rings (SSSR count). The number of halogens is 2. The van der Waals surface area contributed by atoms with Crippen molar-refractivity contribution in [2.75, 3.05) is 13.2 Å². The van der Waals surface area contributed by atoms with Crippen molar-refractivity contribution in [1.82, 2.24) is 10.1 Å². The van der Waals surface area contributed by atoms with Gasteiger partial charge < -0.3 is 15.0 Å². The second kappa shape index (κ2) is 6.38. The lowest BCUT2D eigenvalue weighted by atomic mass is 9.82. The van der Waals surface area contributed by atoms with E-state index in [2.05, 4.69) is 10.1 Å². The molecule has 0 atom stereocenters. The van der Waals surface area contributed by atoms with Crippen LogP contribution in [0.1, 0.15) is 43.8 Å². The van der Waals surface area contributed by atoms with Crippen molar-refractivity contribution >= 4 is 0 Å². The highest BCUT2D eigenvalue weighted by Gasteiger charge is 2.34. The van der Waals surface area contributed by atoms with E-state index in [1.165, 1.54) is 6.42 Å². The van der Waals surface area contributed by atoms with Crippen molar-refractivity contribution < 1.29 is 18.0 Å². The predicted molar refractivity (Wildman–Crippen MR) is 63.8 cm³/mol. The van der Waals surface area contributed by atoms with E-state index in [9.17, 15) is 8.78 Å². The summed E-state index contributed by atoms with van der Waals surface area (Å²) in [7, 11) is 0. The molecule has 0 aliphatic heterocycles. The summed E-state index contributed by atoms with van der Waals surface area (Å²) in [6.07, 6.45) is 2.91. The quantitative estimate of drug-likeness (QED) is 0.804. The number of nitrogens with two attached hydrogens (primary N) is 1. The Morgan fingerprint density at radius 3 is 2.74 bits per heavy atom. The van der Waals surface area contributed by atoms with Crippen LogP contribution in [0.3, 0.4) is 0 Å². The lowest BCUT2D eigenvalue weighted by molar-refractivity contribution is 0.0171. The highest BCUT2D eigenvalue weighted by Crippen LogP contribution is 2.32. The SMILES string of the molecule is NC1(c2noc(CCOCC(F)F)n2)CCCCC1. The Morgan fingerprint density at radius 1 is 1.32 bits per heavy atom. The number of alkyl halides is 2. The van der Waals surface area contributed by atoms with Gasteiger partial charge in [0.15, 0.2) is 5.82 Å². The third-order valence-corrected chi connectivity index (χ3v) is 3.36. The van der Waals surface area contributed by atoms with Crippen molar-refractivity contribution in [3.63, 3.8) is 0 Å². The Labute approximate surface area is 110 Å². The van der Waals surface area contributed by atoms with Crippen molar-refractivity contribution in [3.05, 3.63) is 11.7 Å². The molecule has 7 heteroatoms. The lowest BCUT2D eigenvalue weighted by Crippen LogP contribution is -2.39. The van der Waals surface area contributed by atoms with E-state index in [1.807, 2.05) is 0 Å². The molecule has 0 aromatic carbocycles. The van der Waals surface area contributed by atoms with Crippen molar-refractivity contribution in [3.8, 4) is 0 Å². The van der Waals surface area contributed by atoms with Gasteiger partial charge in [-0.25, -0.2) is 8.78 Å². The van der Waals surface area contributed by atoms with Crippen LogP contribution in [-0.2, 0) is 16.7 Å². The zero-order chi connectivity index (χ0) is 13.7. The van der Waals surface area contributed by atoms with Gasteiger partial charge in [0.1, 0.15) is 6.61 Å². The number of hydrogen-bond acceptors (Lipinski definition) is 5. The monoisotopic (exact) mass is 275 g/mol. The number of aromatic nitrogens is 2. The third-order valence-electron chi connectivity index (χ3n) is 3.36. The Balaban J connectivity index is 1.84. The van der Waals surface area contributed by atoms with Crippen LogP contribution in [0.25, 0.3) is 0 Å². The molecule has 2 N–H and O–H groups in total. The van der Waals surface area contributed by atoms with Gasteiger partial charge in [-0.3, -0.25) is 0 Å². The van der Waals surface area contributed by atoms with Gasteiger partial charge in [-0.1, -0.05) is 24.4 Å². The van der Waals surface area contributed by atoms with Crippen molar-refractivity contribution in [2.45, 2.75) is 50.5 Å².